The number of hydrogen-bond acceptors (Lipinski definition) is 2. The third-order valence-electron chi connectivity index (χ3n) is 3.90. The van der Waals surface area contributed by atoms with Gasteiger partial charge in [0.2, 0.25) is 5.91 Å². The van der Waals surface area contributed by atoms with Crippen LogP contribution in [0.4, 0.5) is 0 Å². The standard InChI is InChI=1S/C16H19N3O/c1-11-8-13(19(2)18-11)10-17-16(20)15-9-14(15)12-6-4-3-5-7-12/h3-8,14-15H,9-10H2,1-2H3,(H,17,20). The first kappa shape index (κ1) is 12.9. The third-order valence-corrected chi connectivity index (χ3v) is 3.90. The van der Waals surface area contributed by atoms with Gasteiger partial charge in [0.05, 0.1) is 17.9 Å². The number of amides is 1. The Bertz CT molecular complexity index is 618. The molecule has 2 atom stereocenters. The van der Waals surface area contributed by atoms with E-state index in [0.717, 1.165) is 17.8 Å². The second-order valence-electron chi connectivity index (χ2n) is 5.48. The van der Waals surface area contributed by atoms with Gasteiger partial charge >= 0.3 is 0 Å². The summed E-state index contributed by atoms with van der Waals surface area (Å²) < 4.78 is 1.82. The largest absolute Gasteiger partial charge is 0.350 e. The topological polar surface area (TPSA) is 46.9 Å². The summed E-state index contributed by atoms with van der Waals surface area (Å²) in [5.41, 5.74) is 3.28. The Balaban J connectivity index is 1.55. The molecule has 2 unspecified atom stereocenters. The number of aromatic nitrogens is 2. The van der Waals surface area contributed by atoms with E-state index in [9.17, 15) is 4.79 Å². The van der Waals surface area contributed by atoms with Gasteiger partial charge in [-0.15, -0.1) is 0 Å². The van der Waals surface area contributed by atoms with Gasteiger partial charge in [-0.3, -0.25) is 9.48 Å². The van der Waals surface area contributed by atoms with E-state index >= 15 is 0 Å². The molecule has 1 aromatic heterocycles. The first-order valence-corrected chi connectivity index (χ1v) is 6.97. The number of nitrogens with one attached hydrogen (secondary N) is 1. The van der Waals surface area contributed by atoms with E-state index in [1.54, 1.807) is 0 Å². The number of hydrogen-bond donors (Lipinski definition) is 1. The molecule has 0 aliphatic heterocycles. The van der Waals surface area contributed by atoms with E-state index in [-0.39, 0.29) is 11.8 Å². The second-order valence-corrected chi connectivity index (χ2v) is 5.48. The van der Waals surface area contributed by atoms with Crippen LogP contribution < -0.4 is 5.32 Å². The van der Waals surface area contributed by atoms with Gasteiger partial charge in [-0.25, -0.2) is 0 Å². The lowest BCUT2D eigenvalue weighted by Gasteiger charge is -2.05. The van der Waals surface area contributed by atoms with Gasteiger partial charge in [-0.2, -0.15) is 5.10 Å². The van der Waals surface area contributed by atoms with Crippen molar-refractivity contribution in [3.8, 4) is 0 Å². The van der Waals surface area contributed by atoms with Crippen molar-refractivity contribution in [1.29, 1.82) is 0 Å². The molecule has 4 nitrogen and oxygen atoms in total. The quantitative estimate of drug-likeness (QED) is 0.924. The van der Waals surface area contributed by atoms with Gasteiger partial charge < -0.3 is 5.32 Å². The molecule has 1 heterocycles. The Morgan fingerprint density at radius 1 is 1.40 bits per heavy atom. The van der Waals surface area contributed by atoms with Crippen molar-refractivity contribution in [3.63, 3.8) is 0 Å². The minimum Gasteiger partial charge on any atom is -0.350 e. The molecular formula is C16H19N3O. The monoisotopic (exact) mass is 269 g/mol. The zero-order chi connectivity index (χ0) is 14.1. The molecule has 20 heavy (non-hydrogen) atoms. The van der Waals surface area contributed by atoms with Gasteiger partial charge in [0.1, 0.15) is 0 Å². The maximum atomic E-state index is 12.1. The number of benzene rings is 1. The molecule has 3 rings (SSSR count). The second kappa shape index (κ2) is 5.12. The molecule has 2 aromatic rings. The Morgan fingerprint density at radius 3 is 2.80 bits per heavy atom. The van der Waals surface area contributed by atoms with E-state index in [1.807, 2.05) is 42.9 Å². The van der Waals surface area contributed by atoms with Crippen molar-refractivity contribution in [2.75, 3.05) is 0 Å². The number of nitrogens with zero attached hydrogens (tertiary/aromatic N) is 2. The Hall–Kier alpha value is -2.10. The molecule has 1 aliphatic carbocycles. The molecular weight excluding hydrogens is 250 g/mol. The average molecular weight is 269 g/mol. The van der Waals surface area contributed by atoms with Crippen molar-refractivity contribution < 1.29 is 4.79 Å². The molecule has 0 saturated heterocycles. The van der Waals surface area contributed by atoms with E-state index in [0.29, 0.717) is 12.5 Å². The molecule has 4 heteroatoms. The highest BCUT2D eigenvalue weighted by atomic mass is 16.2. The van der Waals surface area contributed by atoms with Crippen LogP contribution in [0.15, 0.2) is 36.4 Å². The van der Waals surface area contributed by atoms with E-state index in [1.165, 1.54) is 5.56 Å². The summed E-state index contributed by atoms with van der Waals surface area (Å²) in [4.78, 5) is 12.1. The lowest BCUT2D eigenvalue weighted by Crippen LogP contribution is -2.25. The summed E-state index contributed by atoms with van der Waals surface area (Å²) in [5, 5.41) is 7.29. The molecule has 0 spiro atoms. The zero-order valence-electron chi connectivity index (χ0n) is 11.8. The van der Waals surface area contributed by atoms with Crippen LogP contribution in [0.3, 0.4) is 0 Å². The fraction of sp³-hybridized carbons (Fsp3) is 0.375. The highest BCUT2D eigenvalue weighted by Crippen LogP contribution is 2.47. The molecule has 0 radical (unpaired) electrons. The van der Waals surface area contributed by atoms with E-state index in [2.05, 4.69) is 22.5 Å². The van der Waals surface area contributed by atoms with Crippen LogP contribution in [0.1, 0.15) is 29.3 Å². The van der Waals surface area contributed by atoms with Crippen LogP contribution in [0.5, 0.6) is 0 Å². The molecule has 1 aliphatic rings. The molecule has 1 N–H and O–H groups in total. The highest BCUT2D eigenvalue weighted by molar-refractivity contribution is 5.82. The minimum atomic E-state index is 0.131. The first-order chi connectivity index (χ1) is 9.65. The lowest BCUT2D eigenvalue weighted by atomic mass is 10.1. The summed E-state index contributed by atoms with van der Waals surface area (Å²) in [5.74, 6) is 0.675. The van der Waals surface area contributed by atoms with Crippen LogP contribution in [-0.2, 0) is 18.4 Å². The van der Waals surface area contributed by atoms with Crippen molar-refractivity contribution in [1.82, 2.24) is 15.1 Å². The Morgan fingerprint density at radius 2 is 2.15 bits per heavy atom. The van der Waals surface area contributed by atoms with E-state index in [4.69, 9.17) is 0 Å². The van der Waals surface area contributed by atoms with Gasteiger partial charge in [-0.05, 0) is 30.9 Å². The number of carbonyl (C=O) groups is 1. The van der Waals surface area contributed by atoms with Crippen LogP contribution in [0.2, 0.25) is 0 Å². The van der Waals surface area contributed by atoms with Crippen LogP contribution in [0, 0.1) is 12.8 Å². The predicted octanol–water partition coefficient (Wildman–Crippen LogP) is 2.15. The summed E-state index contributed by atoms with van der Waals surface area (Å²) in [7, 11) is 1.90. The maximum absolute atomic E-state index is 12.1. The van der Waals surface area contributed by atoms with Gasteiger partial charge in [0.25, 0.3) is 0 Å². The average Bonchev–Trinajstić information content (AvgIpc) is 3.18. The fourth-order valence-corrected chi connectivity index (χ4v) is 2.69. The lowest BCUT2D eigenvalue weighted by molar-refractivity contribution is -0.122. The maximum Gasteiger partial charge on any atom is 0.224 e. The predicted molar refractivity (Wildman–Crippen MR) is 77.1 cm³/mol. The fourth-order valence-electron chi connectivity index (χ4n) is 2.69. The summed E-state index contributed by atoms with van der Waals surface area (Å²) >= 11 is 0. The molecule has 1 amide bonds. The van der Waals surface area contributed by atoms with E-state index < -0.39 is 0 Å². The van der Waals surface area contributed by atoms with Crippen LogP contribution >= 0.6 is 0 Å². The van der Waals surface area contributed by atoms with Crippen molar-refractivity contribution in [3.05, 3.63) is 53.3 Å². The van der Waals surface area contributed by atoms with Crippen LogP contribution in [-0.4, -0.2) is 15.7 Å². The van der Waals surface area contributed by atoms with Crippen molar-refractivity contribution in [2.45, 2.75) is 25.8 Å². The van der Waals surface area contributed by atoms with Gasteiger partial charge in [-0.1, -0.05) is 30.3 Å². The zero-order valence-corrected chi connectivity index (χ0v) is 11.8. The summed E-state index contributed by atoms with van der Waals surface area (Å²) in [6.45, 7) is 2.51. The van der Waals surface area contributed by atoms with Crippen molar-refractivity contribution in [2.24, 2.45) is 13.0 Å². The summed E-state index contributed by atoms with van der Waals surface area (Å²) in [6.07, 6.45) is 0.959. The number of carbonyl (C=O) groups excluding carboxylic acids is 1. The smallest absolute Gasteiger partial charge is 0.224 e. The van der Waals surface area contributed by atoms with Gasteiger partial charge in [0.15, 0.2) is 0 Å². The molecule has 1 fully saturated rings. The normalized spacial score (nSPS) is 20.7. The Labute approximate surface area is 118 Å². The van der Waals surface area contributed by atoms with Crippen molar-refractivity contribution >= 4 is 5.91 Å². The number of aryl methyl sites for hydroxylation is 2. The number of rotatable bonds is 4. The van der Waals surface area contributed by atoms with Crippen LogP contribution in [0.25, 0.3) is 0 Å². The molecule has 1 saturated carbocycles. The van der Waals surface area contributed by atoms with Gasteiger partial charge in [0, 0.05) is 13.0 Å². The Kier molecular flexibility index (Phi) is 3.30. The molecule has 104 valence electrons. The highest BCUT2D eigenvalue weighted by Gasteiger charge is 2.43. The molecule has 1 aromatic carbocycles. The molecule has 0 bridgehead atoms. The summed E-state index contributed by atoms with van der Waals surface area (Å²) in [6, 6.07) is 12.3. The SMILES string of the molecule is Cc1cc(CNC(=O)C2CC2c2ccccc2)n(C)n1. The minimum absolute atomic E-state index is 0.131. The first-order valence-electron chi connectivity index (χ1n) is 6.97. The third kappa shape index (κ3) is 2.59.